The Morgan fingerprint density at radius 1 is 1.17 bits per heavy atom. The van der Waals surface area contributed by atoms with Crippen LogP contribution in [0.5, 0.6) is 0 Å². The average Bonchev–Trinajstić information content (AvgIpc) is 1.99. The van der Waals surface area contributed by atoms with E-state index >= 15 is 0 Å². The number of piperazine rings is 1. The van der Waals surface area contributed by atoms with Crippen LogP contribution >= 0.6 is 0 Å². The zero-order valence-corrected chi connectivity index (χ0v) is 8.49. The largest absolute Gasteiger partial charge is 0.313 e. The van der Waals surface area contributed by atoms with E-state index in [1.165, 1.54) is 5.06 Å². The van der Waals surface area contributed by atoms with Crippen molar-refractivity contribution in [3.63, 3.8) is 0 Å². The molecule has 0 saturated carbocycles. The van der Waals surface area contributed by atoms with Crippen LogP contribution < -0.4 is 0 Å². The zero-order chi connectivity index (χ0) is 9.30. The van der Waals surface area contributed by atoms with Crippen LogP contribution in [-0.4, -0.2) is 46.4 Å². The Labute approximate surface area is 74.9 Å². The molecule has 2 unspecified atom stereocenters. The van der Waals surface area contributed by atoms with Crippen LogP contribution in [0.1, 0.15) is 27.7 Å². The molecule has 1 heterocycles. The van der Waals surface area contributed by atoms with E-state index in [0.29, 0.717) is 6.04 Å². The molecule has 3 heteroatoms. The highest BCUT2D eigenvalue weighted by Crippen LogP contribution is 2.14. The van der Waals surface area contributed by atoms with E-state index in [9.17, 15) is 5.21 Å². The summed E-state index contributed by atoms with van der Waals surface area (Å²) in [6, 6.07) is 1.11. The third kappa shape index (κ3) is 1.97. The predicted octanol–water partition coefficient (Wildman–Crippen LogP) is 1.18. The van der Waals surface area contributed by atoms with Crippen LogP contribution in [0.3, 0.4) is 0 Å². The van der Waals surface area contributed by atoms with Crippen molar-refractivity contribution >= 4 is 0 Å². The van der Waals surface area contributed by atoms with Gasteiger partial charge in [-0.05, 0) is 27.7 Å². The van der Waals surface area contributed by atoms with Gasteiger partial charge in [0.05, 0.1) is 0 Å². The van der Waals surface area contributed by atoms with E-state index in [4.69, 9.17) is 0 Å². The molecule has 0 aliphatic carbocycles. The van der Waals surface area contributed by atoms with Crippen LogP contribution in [0.4, 0.5) is 0 Å². The number of rotatable bonds is 1. The maximum Gasteiger partial charge on any atom is 0.0452 e. The molecule has 12 heavy (non-hydrogen) atoms. The summed E-state index contributed by atoms with van der Waals surface area (Å²) in [5.74, 6) is 0. The highest BCUT2D eigenvalue weighted by atomic mass is 16.5. The molecule has 2 atom stereocenters. The van der Waals surface area contributed by atoms with Gasteiger partial charge in [0, 0.05) is 31.2 Å². The summed E-state index contributed by atoms with van der Waals surface area (Å²) in [4.78, 5) is 2.40. The Bertz CT molecular complexity index is 137. The van der Waals surface area contributed by atoms with Crippen molar-refractivity contribution in [1.82, 2.24) is 9.96 Å². The molecule has 0 aromatic heterocycles. The summed E-state index contributed by atoms with van der Waals surface area (Å²) in [5.41, 5.74) is 0. The van der Waals surface area contributed by atoms with Crippen molar-refractivity contribution in [2.45, 2.75) is 45.8 Å². The fourth-order valence-corrected chi connectivity index (χ4v) is 1.78. The Balaban J connectivity index is 2.53. The van der Waals surface area contributed by atoms with Crippen molar-refractivity contribution in [3.05, 3.63) is 0 Å². The third-order valence-electron chi connectivity index (χ3n) is 2.63. The molecule has 0 radical (unpaired) electrons. The van der Waals surface area contributed by atoms with E-state index in [0.717, 1.165) is 13.1 Å². The van der Waals surface area contributed by atoms with Crippen molar-refractivity contribution in [2.75, 3.05) is 13.1 Å². The second kappa shape index (κ2) is 3.73. The molecular weight excluding hydrogens is 152 g/mol. The minimum atomic E-state index is 0.260. The van der Waals surface area contributed by atoms with Gasteiger partial charge in [-0.15, -0.1) is 0 Å². The minimum Gasteiger partial charge on any atom is -0.313 e. The summed E-state index contributed by atoms with van der Waals surface area (Å²) < 4.78 is 0. The van der Waals surface area contributed by atoms with E-state index in [1.807, 2.05) is 0 Å². The van der Waals surface area contributed by atoms with Crippen molar-refractivity contribution in [2.24, 2.45) is 0 Å². The Hall–Kier alpha value is -0.120. The molecule has 72 valence electrons. The summed E-state index contributed by atoms with van der Waals surface area (Å²) in [5, 5.41) is 11.0. The first kappa shape index (κ1) is 9.96. The Morgan fingerprint density at radius 2 is 1.58 bits per heavy atom. The first-order valence-electron chi connectivity index (χ1n) is 4.73. The van der Waals surface area contributed by atoms with Crippen LogP contribution in [0, 0.1) is 0 Å². The zero-order valence-electron chi connectivity index (χ0n) is 8.49. The number of hydrogen-bond donors (Lipinski definition) is 1. The van der Waals surface area contributed by atoms with Gasteiger partial charge in [-0.3, -0.25) is 4.90 Å². The van der Waals surface area contributed by atoms with Crippen LogP contribution in [0.25, 0.3) is 0 Å². The van der Waals surface area contributed by atoms with Gasteiger partial charge >= 0.3 is 0 Å². The topological polar surface area (TPSA) is 26.7 Å². The molecule has 0 bridgehead atoms. The second-order valence-electron chi connectivity index (χ2n) is 4.13. The summed E-state index contributed by atoms with van der Waals surface area (Å²) >= 11 is 0. The maximum atomic E-state index is 9.55. The van der Waals surface area contributed by atoms with Gasteiger partial charge < -0.3 is 5.21 Å². The highest BCUT2D eigenvalue weighted by Gasteiger charge is 2.28. The molecule has 0 spiro atoms. The standard InChI is InChI=1S/C9H20N2O/c1-7(2)10-5-8(3)11(12)9(4)6-10/h7-9,12H,5-6H2,1-4H3. The fraction of sp³-hybridized carbons (Fsp3) is 1.00. The number of nitrogens with zero attached hydrogens (tertiary/aromatic N) is 2. The lowest BCUT2D eigenvalue weighted by atomic mass is 10.1. The lowest BCUT2D eigenvalue weighted by Crippen LogP contribution is -2.56. The lowest BCUT2D eigenvalue weighted by Gasteiger charge is -2.42. The van der Waals surface area contributed by atoms with E-state index in [-0.39, 0.29) is 12.1 Å². The van der Waals surface area contributed by atoms with Gasteiger partial charge in [-0.25, -0.2) is 0 Å². The Kier molecular flexibility index (Phi) is 3.09. The SMILES string of the molecule is CC(C)N1CC(C)N(O)C(C)C1. The summed E-state index contributed by atoms with van der Waals surface area (Å²) in [6.45, 7) is 10.5. The molecule has 1 aliphatic heterocycles. The second-order valence-corrected chi connectivity index (χ2v) is 4.13. The average molecular weight is 172 g/mol. The molecule has 1 fully saturated rings. The van der Waals surface area contributed by atoms with E-state index in [2.05, 4.69) is 32.6 Å². The van der Waals surface area contributed by atoms with Gasteiger partial charge in [-0.2, -0.15) is 5.06 Å². The van der Waals surface area contributed by atoms with E-state index in [1.54, 1.807) is 0 Å². The number of hydroxylamine groups is 2. The van der Waals surface area contributed by atoms with Crippen molar-refractivity contribution in [3.8, 4) is 0 Å². The summed E-state index contributed by atoms with van der Waals surface area (Å²) in [6.07, 6.45) is 0. The molecule has 0 amide bonds. The van der Waals surface area contributed by atoms with Crippen LogP contribution in [-0.2, 0) is 0 Å². The molecule has 1 rings (SSSR count). The molecular formula is C9H20N2O. The first-order chi connectivity index (χ1) is 5.52. The highest BCUT2D eigenvalue weighted by molar-refractivity contribution is 4.81. The normalized spacial score (nSPS) is 34.5. The smallest absolute Gasteiger partial charge is 0.0452 e. The molecule has 1 saturated heterocycles. The van der Waals surface area contributed by atoms with Crippen molar-refractivity contribution in [1.29, 1.82) is 0 Å². The van der Waals surface area contributed by atoms with Gasteiger partial charge in [0.2, 0.25) is 0 Å². The van der Waals surface area contributed by atoms with Gasteiger partial charge in [0.25, 0.3) is 0 Å². The Morgan fingerprint density at radius 3 is 1.92 bits per heavy atom. The monoisotopic (exact) mass is 172 g/mol. The molecule has 0 aromatic rings. The summed E-state index contributed by atoms with van der Waals surface area (Å²) in [7, 11) is 0. The van der Waals surface area contributed by atoms with Crippen LogP contribution in [0.2, 0.25) is 0 Å². The minimum absolute atomic E-state index is 0.260. The van der Waals surface area contributed by atoms with Gasteiger partial charge in [-0.1, -0.05) is 0 Å². The molecule has 3 nitrogen and oxygen atoms in total. The lowest BCUT2D eigenvalue weighted by molar-refractivity contribution is -0.183. The first-order valence-corrected chi connectivity index (χ1v) is 4.73. The predicted molar refractivity (Wildman–Crippen MR) is 49.3 cm³/mol. The van der Waals surface area contributed by atoms with Crippen LogP contribution in [0.15, 0.2) is 0 Å². The fourth-order valence-electron chi connectivity index (χ4n) is 1.78. The quantitative estimate of drug-likeness (QED) is 0.643. The van der Waals surface area contributed by atoms with Gasteiger partial charge in [0.1, 0.15) is 0 Å². The van der Waals surface area contributed by atoms with Crippen molar-refractivity contribution < 1.29 is 5.21 Å². The third-order valence-corrected chi connectivity index (χ3v) is 2.63. The number of hydrogen-bond acceptors (Lipinski definition) is 3. The molecule has 1 aliphatic rings. The maximum absolute atomic E-state index is 9.55. The van der Waals surface area contributed by atoms with E-state index < -0.39 is 0 Å². The molecule has 0 aromatic carbocycles. The van der Waals surface area contributed by atoms with Gasteiger partial charge in [0.15, 0.2) is 0 Å². The molecule has 1 N–H and O–H groups in total.